The monoisotopic (exact) mass is 403 g/mol. The number of nitriles is 1. The maximum Gasteiger partial charge on any atom is 0 e. The fourth-order valence-electron chi connectivity index (χ4n) is 0.956. The minimum Gasteiger partial charge on any atom is 0 e. The Bertz CT molecular complexity index is 331. The molecule has 0 aromatic rings. The van der Waals surface area contributed by atoms with Gasteiger partial charge in [-0.1, -0.05) is 23.3 Å². The van der Waals surface area contributed by atoms with Crippen molar-refractivity contribution in [3.8, 4) is 6.07 Å². The van der Waals surface area contributed by atoms with Crippen LogP contribution in [0.2, 0.25) is 0 Å². The molecule has 0 heterocycles. The van der Waals surface area contributed by atoms with Gasteiger partial charge in [0.15, 0.2) is 0 Å². The van der Waals surface area contributed by atoms with E-state index in [9.17, 15) is 0 Å². The van der Waals surface area contributed by atoms with E-state index >= 15 is 0 Å². The number of hydrogen-bond acceptors (Lipinski definition) is 1. The molecule has 0 saturated heterocycles. The van der Waals surface area contributed by atoms with Gasteiger partial charge in [0.25, 0.3) is 0 Å². The van der Waals surface area contributed by atoms with Gasteiger partial charge in [-0.15, -0.1) is 0 Å². The van der Waals surface area contributed by atoms with Crippen molar-refractivity contribution in [2.24, 2.45) is 5.92 Å². The van der Waals surface area contributed by atoms with Crippen LogP contribution in [0.3, 0.4) is 0 Å². The van der Waals surface area contributed by atoms with Crippen molar-refractivity contribution in [2.45, 2.75) is 13.8 Å². The summed E-state index contributed by atoms with van der Waals surface area (Å²) in [6, 6.07) is 2.22. The van der Waals surface area contributed by atoms with Crippen LogP contribution >= 0.6 is 0 Å². The van der Waals surface area contributed by atoms with E-state index in [1.807, 2.05) is 32.4 Å². The predicted octanol–water partition coefficient (Wildman–Crippen LogP) is 2.12. The predicted molar refractivity (Wildman–Crippen MR) is 52.7 cm³/mol. The first-order valence-electron chi connectivity index (χ1n) is 3.95. The van der Waals surface area contributed by atoms with Crippen molar-refractivity contribution in [2.75, 3.05) is 0 Å². The minimum absolute atomic E-state index is 0. The smallest absolute Gasteiger partial charge is 0 e. The summed E-state index contributed by atoms with van der Waals surface area (Å²) in [7, 11) is 0. The summed E-state index contributed by atoms with van der Waals surface area (Å²) in [6.07, 6.45) is 6.02. The maximum absolute atomic E-state index is 8.63. The van der Waals surface area contributed by atoms with Crippen LogP contribution in [0, 0.1) is 43.6 Å². The number of hydrogen-bond donors (Lipinski definition) is 0. The fourth-order valence-corrected chi connectivity index (χ4v) is 0.956. The third-order valence-corrected chi connectivity index (χ3v) is 1.67. The van der Waals surface area contributed by atoms with E-state index in [0.717, 1.165) is 5.57 Å². The van der Waals surface area contributed by atoms with Gasteiger partial charge in [0.05, 0.1) is 12.0 Å². The third-order valence-electron chi connectivity index (χ3n) is 1.67. The second-order valence-corrected chi connectivity index (χ2v) is 2.59. The van der Waals surface area contributed by atoms with Gasteiger partial charge in [0.2, 0.25) is 0 Å². The molecule has 1 rings (SSSR count). The SMILES string of the molecule is CC1=CC(C#N)C(C)=C[CH]1.[C-]#[O+].[C-]#[O+].[C-]#[O+].[Re]. The van der Waals surface area contributed by atoms with E-state index in [2.05, 4.69) is 26.0 Å². The molecule has 0 bridgehead atoms. The molecule has 17 heavy (non-hydrogen) atoms. The first-order chi connectivity index (χ1) is 7.74. The van der Waals surface area contributed by atoms with Crippen molar-refractivity contribution >= 4 is 0 Å². The van der Waals surface area contributed by atoms with Gasteiger partial charge in [-0.3, -0.25) is 0 Å². The average molecular weight is 402 g/mol. The van der Waals surface area contributed by atoms with Crippen molar-refractivity contribution in [3.63, 3.8) is 0 Å². The molecule has 0 saturated carbocycles. The van der Waals surface area contributed by atoms with Crippen molar-refractivity contribution in [1.82, 2.24) is 0 Å². The molecule has 0 aromatic carbocycles. The molecular formula is C12H10NO3Re. The molecular weight excluding hydrogens is 392 g/mol. The molecule has 1 atom stereocenters. The van der Waals surface area contributed by atoms with E-state index in [1.165, 1.54) is 5.57 Å². The zero-order valence-electron chi connectivity index (χ0n) is 9.36. The van der Waals surface area contributed by atoms with E-state index in [-0.39, 0.29) is 26.3 Å². The Hall–Kier alpha value is -1.15. The Morgan fingerprint density at radius 3 is 1.82 bits per heavy atom. The maximum atomic E-state index is 8.63. The van der Waals surface area contributed by atoms with Crippen LogP contribution in [0.5, 0.6) is 0 Å². The second kappa shape index (κ2) is 20.3. The van der Waals surface area contributed by atoms with Crippen LogP contribution in [-0.4, -0.2) is 0 Å². The molecule has 5 heteroatoms. The number of rotatable bonds is 0. The zero-order chi connectivity index (χ0) is 13.6. The summed E-state index contributed by atoms with van der Waals surface area (Å²) < 4.78 is 22.5. The first-order valence-corrected chi connectivity index (χ1v) is 3.95. The molecule has 0 aromatic heterocycles. The largest absolute Gasteiger partial charge is 0 e. The second-order valence-electron chi connectivity index (χ2n) is 2.59. The van der Waals surface area contributed by atoms with Crippen molar-refractivity contribution < 1.29 is 34.4 Å². The molecule has 1 aliphatic carbocycles. The topological polar surface area (TPSA) is 83.5 Å². The molecule has 1 unspecified atom stereocenters. The standard InChI is InChI=1S/C9H10N.3CO.Re/c1-7-3-4-8(2)9(5-7)6-10;3*1-2;/h3-5,9H,1-2H3;;;;. The zero-order valence-corrected chi connectivity index (χ0v) is 12.1. The molecule has 1 aliphatic rings. The third kappa shape index (κ3) is 12.8. The molecule has 0 amide bonds. The van der Waals surface area contributed by atoms with E-state index in [0.29, 0.717) is 0 Å². The summed E-state index contributed by atoms with van der Waals surface area (Å²) in [5, 5.41) is 8.63. The van der Waals surface area contributed by atoms with Gasteiger partial charge in [0, 0.05) is 26.8 Å². The van der Waals surface area contributed by atoms with Crippen LogP contribution in [0.4, 0.5) is 0 Å². The fraction of sp³-hybridized carbons (Fsp3) is 0.250. The van der Waals surface area contributed by atoms with Gasteiger partial charge < -0.3 is 0 Å². The Labute approximate surface area is 115 Å². The molecule has 0 aliphatic heterocycles. The number of nitrogens with zero attached hydrogens (tertiary/aromatic N) is 1. The van der Waals surface area contributed by atoms with E-state index in [1.54, 1.807) is 0 Å². The van der Waals surface area contributed by atoms with Crippen LogP contribution in [-0.2, 0) is 34.4 Å². The normalized spacial score (nSPS) is 14.9. The van der Waals surface area contributed by atoms with Gasteiger partial charge in [-0.25, -0.2) is 0 Å². The Kier molecular flexibility index (Phi) is 29.7. The minimum atomic E-state index is 0. The van der Waals surface area contributed by atoms with E-state index < -0.39 is 0 Å². The molecule has 4 nitrogen and oxygen atoms in total. The Morgan fingerprint density at radius 2 is 1.53 bits per heavy atom. The van der Waals surface area contributed by atoms with Crippen molar-refractivity contribution in [3.05, 3.63) is 49.7 Å². The Balaban J connectivity index is -0.000000106. The number of allylic oxidation sites excluding steroid dienone is 4. The van der Waals surface area contributed by atoms with Gasteiger partial charge in [0.1, 0.15) is 0 Å². The quantitative estimate of drug-likeness (QED) is 0.451. The summed E-state index contributed by atoms with van der Waals surface area (Å²) in [5.41, 5.74) is 2.31. The molecule has 0 fully saturated rings. The molecule has 0 N–H and O–H groups in total. The van der Waals surface area contributed by atoms with Gasteiger partial charge in [-0.05, 0) is 13.8 Å². The van der Waals surface area contributed by atoms with Crippen LogP contribution in [0.25, 0.3) is 0 Å². The Morgan fingerprint density at radius 1 is 1.12 bits per heavy atom. The summed E-state index contributed by atoms with van der Waals surface area (Å²) in [5.74, 6) is 0.00463. The summed E-state index contributed by atoms with van der Waals surface area (Å²) in [4.78, 5) is 0. The first kappa shape index (κ1) is 24.9. The average Bonchev–Trinajstić information content (AvgIpc) is 2.39. The summed E-state index contributed by atoms with van der Waals surface area (Å²) >= 11 is 0. The van der Waals surface area contributed by atoms with Crippen LogP contribution in [0.15, 0.2) is 23.3 Å². The van der Waals surface area contributed by atoms with E-state index in [4.69, 9.17) is 19.2 Å². The molecule has 2 radical (unpaired) electrons. The van der Waals surface area contributed by atoms with Gasteiger partial charge in [-0.2, -0.15) is 5.26 Å². The molecule has 88 valence electrons. The van der Waals surface area contributed by atoms with Crippen LogP contribution < -0.4 is 0 Å². The van der Waals surface area contributed by atoms with Gasteiger partial charge >= 0.3 is 33.9 Å². The van der Waals surface area contributed by atoms with Crippen LogP contribution in [0.1, 0.15) is 13.8 Å². The summed E-state index contributed by atoms with van der Waals surface area (Å²) in [6.45, 7) is 17.5. The van der Waals surface area contributed by atoms with Crippen molar-refractivity contribution in [1.29, 1.82) is 5.26 Å². The molecule has 0 spiro atoms.